The number of nitrogens with zero attached hydrogens (tertiary/aromatic N) is 2. The first kappa shape index (κ1) is 19.1. The molecule has 2 aliphatic heterocycles. The highest BCUT2D eigenvalue weighted by molar-refractivity contribution is 7.89. The average Bonchev–Trinajstić information content (AvgIpc) is 3.02. The summed E-state index contributed by atoms with van der Waals surface area (Å²) in [5.74, 6) is -2.41. The zero-order chi connectivity index (χ0) is 19.8. The molecule has 2 fully saturated rings. The van der Waals surface area contributed by atoms with Crippen molar-refractivity contribution in [3.63, 3.8) is 0 Å². The van der Waals surface area contributed by atoms with Gasteiger partial charge in [0.2, 0.25) is 15.9 Å². The molecule has 10 nitrogen and oxygen atoms in total. The summed E-state index contributed by atoms with van der Waals surface area (Å²) in [4.78, 5) is 36.8. The lowest BCUT2D eigenvalue weighted by Crippen LogP contribution is -2.71. The van der Waals surface area contributed by atoms with Gasteiger partial charge in [-0.3, -0.25) is 9.59 Å². The summed E-state index contributed by atoms with van der Waals surface area (Å²) in [6, 6.07) is 6.93. The number of rotatable bonds is 7. The highest BCUT2D eigenvalue weighted by atomic mass is 32.2. The molecule has 2 N–H and O–H groups in total. The van der Waals surface area contributed by atoms with E-state index < -0.39 is 46.1 Å². The van der Waals surface area contributed by atoms with Crippen LogP contribution in [0.4, 0.5) is 0 Å². The summed E-state index contributed by atoms with van der Waals surface area (Å²) in [5, 5.41) is 11.8. The minimum Gasteiger partial charge on any atom is -0.484 e. The van der Waals surface area contributed by atoms with Crippen molar-refractivity contribution in [1.82, 2.24) is 14.5 Å². The van der Waals surface area contributed by atoms with Crippen LogP contribution in [0.5, 0.6) is 5.75 Å². The smallest absolute Gasteiger partial charge is 0.342 e. The Morgan fingerprint density at radius 2 is 1.96 bits per heavy atom. The van der Waals surface area contributed by atoms with E-state index in [1.54, 1.807) is 30.3 Å². The highest BCUT2D eigenvalue weighted by Crippen LogP contribution is 2.34. The zero-order valence-electron chi connectivity index (χ0n) is 14.4. The van der Waals surface area contributed by atoms with E-state index >= 15 is 0 Å². The van der Waals surface area contributed by atoms with Crippen LogP contribution in [0.2, 0.25) is 0 Å². The number of ether oxygens (including phenoxy) is 1. The molecule has 0 aliphatic carbocycles. The number of carbonyl (C=O) groups is 3. The fraction of sp³-hybridized carbons (Fsp3) is 0.438. The number of carboxylic acids is 1. The molecule has 3 rings (SSSR count). The van der Waals surface area contributed by atoms with Gasteiger partial charge in [0, 0.05) is 6.54 Å². The number of carboxylic acid groups (broad SMARTS) is 1. The van der Waals surface area contributed by atoms with Crippen LogP contribution in [0.3, 0.4) is 0 Å². The molecule has 3 atom stereocenters. The van der Waals surface area contributed by atoms with E-state index in [9.17, 15) is 27.9 Å². The Labute approximate surface area is 155 Å². The summed E-state index contributed by atoms with van der Waals surface area (Å²) in [6.07, 6.45) is -1.58. The van der Waals surface area contributed by atoms with E-state index in [4.69, 9.17) is 4.74 Å². The van der Waals surface area contributed by atoms with Gasteiger partial charge < -0.3 is 20.1 Å². The van der Waals surface area contributed by atoms with Crippen LogP contribution >= 0.6 is 0 Å². The maximum atomic E-state index is 12.3. The van der Waals surface area contributed by atoms with E-state index in [0.29, 0.717) is 5.75 Å². The Balaban J connectivity index is 1.65. The minimum absolute atomic E-state index is 0.177. The predicted molar refractivity (Wildman–Crippen MR) is 92.1 cm³/mol. The minimum atomic E-state index is -3.82. The number of hydrogen-bond donors (Lipinski definition) is 2. The van der Waals surface area contributed by atoms with Crippen molar-refractivity contribution in [3.8, 4) is 5.75 Å². The third-order valence-electron chi connectivity index (χ3n) is 4.54. The number of carbonyl (C=O) groups excluding carboxylic acids is 2. The molecule has 2 saturated heterocycles. The first-order chi connectivity index (χ1) is 12.8. The molecule has 0 saturated carbocycles. The van der Waals surface area contributed by atoms with Gasteiger partial charge in [0.25, 0.3) is 5.91 Å². The molecule has 0 radical (unpaired) electrons. The summed E-state index contributed by atoms with van der Waals surface area (Å²) in [5.41, 5.74) is 0. The molecule has 27 heavy (non-hydrogen) atoms. The second kappa shape index (κ2) is 7.16. The number of β-lactam (4-membered cyclic amide) rings is 1. The molecule has 2 aliphatic rings. The first-order valence-corrected chi connectivity index (χ1v) is 9.89. The third kappa shape index (κ3) is 3.47. The summed E-state index contributed by atoms with van der Waals surface area (Å²) in [7, 11) is -3.82. The average molecular weight is 397 g/mol. The molecule has 0 spiro atoms. The second-order valence-electron chi connectivity index (χ2n) is 6.14. The van der Waals surface area contributed by atoms with Crippen molar-refractivity contribution >= 4 is 27.8 Å². The molecule has 2 heterocycles. The highest BCUT2D eigenvalue weighted by Gasteiger charge is 2.62. The van der Waals surface area contributed by atoms with Crippen LogP contribution in [0, 0.1) is 0 Å². The lowest BCUT2D eigenvalue weighted by Gasteiger charge is -2.43. The van der Waals surface area contributed by atoms with Gasteiger partial charge in [0.15, 0.2) is 12.8 Å². The summed E-state index contributed by atoms with van der Waals surface area (Å²) >= 11 is 0. The number of nitrogens with one attached hydrogen (secondary N) is 1. The normalized spacial score (nSPS) is 24.9. The number of sulfonamides is 1. The van der Waals surface area contributed by atoms with Crippen LogP contribution in [0.25, 0.3) is 0 Å². The van der Waals surface area contributed by atoms with Gasteiger partial charge >= 0.3 is 5.97 Å². The van der Waals surface area contributed by atoms with Crippen molar-refractivity contribution < 1.29 is 32.6 Å². The van der Waals surface area contributed by atoms with Crippen LogP contribution in [0.1, 0.15) is 6.92 Å². The Bertz CT molecular complexity index is 858. The van der Waals surface area contributed by atoms with Gasteiger partial charge in [0.1, 0.15) is 11.8 Å². The van der Waals surface area contributed by atoms with Crippen LogP contribution in [-0.4, -0.2) is 77.7 Å². The molecule has 11 heteroatoms. The van der Waals surface area contributed by atoms with Gasteiger partial charge in [-0.05, 0) is 19.1 Å². The van der Waals surface area contributed by atoms with Crippen LogP contribution < -0.4 is 10.1 Å². The van der Waals surface area contributed by atoms with Gasteiger partial charge in [-0.1, -0.05) is 18.2 Å². The Hall–Kier alpha value is -2.66. The van der Waals surface area contributed by atoms with Crippen molar-refractivity contribution in [2.45, 2.75) is 25.2 Å². The maximum absolute atomic E-state index is 12.3. The molecular weight excluding hydrogens is 378 g/mol. The lowest BCUT2D eigenvalue weighted by molar-refractivity contribution is -0.163. The number of amides is 2. The molecule has 0 aromatic heterocycles. The number of aliphatic carboxylic acids is 1. The number of para-hydroxylation sites is 1. The predicted octanol–water partition coefficient (Wildman–Crippen LogP) is -1.16. The molecule has 1 aromatic carbocycles. The number of fused-ring (bicyclic) bond motifs is 1. The molecule has 146 valence electrons. The maximum Gasteiger partial charge on any atom is 0.342 e. The summed E-state index contributed by atoms with van der Waals surface area (Å²) < 4.78 is 30.4. The van der Waals surface area contributed by atoms with E-state index in [2.05, 4.69) is 5.32 Å². The fourth-order valence-electron chi connectivity index (χ4n) is 3.20. The second-order valence-corrected chi connectivity index (χ2v) is 8.35. The van der Waals surface area contributed by atoms with Gasteiger partial charge in [-0.25, -0.2) is 13.2 Å². The monoisotopic (exact) mass is 397 g/mol. The molecular formula is C16H19N3O7S. The molecule has 1 aromatic rings. The lowest BCUT2D eigenvalue weighted by atomic mass is 9.96. The quantitative estimate of drug-likeness (QED) is 0.554. The number of hydrogen-bond acceptors (Lipinski definition) is 6. The largest absolute Gasteiger partial charge is 0.484 e. The van der Waals surface area contributed by atoms with E-state index in [0.717, 1.165) is 9.21 Å². The van der Waals surface area contributed by atoms with E-state index in [1.165, 1.54) is 6.92 Å². The first-order valence-electron chi connectivity index (χ1n) is 8.28. The molecule has 2 unspecified atom stereocenters. The number of benzene rings is 1. The SMILES string of the molecule is CCS(=O)(=O)N1CC2[C@H](NC(=O)COc3ccccc3)C(=O)N2C1C(=O)O. The Morgan fingerprint density at radius 1 is 1.30 bits per heavy atom. The van der Waals surface area contributed by atoms with Crippen molar-refractivity contribution in [2.75, 3.05) is 18.9 Å². The topological polar surface area (TPSA) is 133 Å². The molecule has 2 amide bonds. The zero-order valence-corrected chi connectivity index (χ0v) is 15.3. The van der Waals surface area contributed by atoms with Gasteiger partial charge in [-0.15, -0.1) is 0 Å². The standard InChI is InChI=1S/C16H19N3O7S/c1-2-27(24,25)18-8-11-13(15(21)19(11)14(18)16(22)23)17-12(20)9-26-10-6-4-3-5-7-10/h3-7,11,13-14H,2,8-9H2,1H3,(H,17,20)(H,22,23)/t11?,13-,14?/m0/s1. The van der Waals surface area contributed by atoms with Crippen molar-refractivity contribution in [3.05, 3.63) is 30.3 Å². The van der Waals surface area contributed by atoms with Crippen LogP contribution in [-0.2, 0) is 24.4 Å². The van der Waals surface area contributed by atoms with Crippen molar-refractivity contribution in [2.24, 2.45) is 0 Å². The van der Waals surface area contributed by atoms with E-state index in [1.807, 2.05) is 0 Å². The Kier molecular flexibility index (Phi) is 5.07. The third-order valence-corrected chi connectivity index (χ3v) is 6.33. The van der Waals surface area contributed by atoms with Crippen molar-refractivity contribution in [1.29, 1.82) is 0 Å². The Morgan fingerprint density at radius 3 is 2.56 bits per heavy atom. The van der Waals surface area contributed by atoms with E-state index in [-0.39, 0.29) is 18.9 Å². The summed E-state index contributed by atoms with van der Waals surface area (Å²) in [6.45, 7) is 0.898. The molecule has 0 bridgehead atoms. The van der Waals surface area contributed by atoms with Gasteiger partial charge in [-0.2, -0.15) is 4.31 Å². The fourth-order valence-corrected chi connectivity index (χ4v) is 4.41. The van der Waals surface area contributed by atoms with Gasteiger partial charge in [0.05, 0.1) is 11.8 Å². The van der Waals surface area contributed by atoms with Crippen LogP contribution in [0.15, 0.2) is 30.3 Å².